The van der Waals surface area contributed by atoms with Gasteiger partial charge in [0.1, 0.15) is 0 Å². The molecule has 0 aliphatic carbocycles. The third-order valence-corrected chi connectivity index (χ3v) is 3.89. The van der Waals surface area contributed by atoms with E-state index in [1.54, 1.807) is 0 Å². The molecule has 1 rings (SSSR count). The summed E-state index contributed by atoms with van der Waals surface area (Å²) in [5, 5.41) is 8.34. The first-order valence-electron chi connectivity index (χ1n) is 7.90. The van der Waals surface area contributed by atoms with E-state index in [2.05, 4.69) is 69.0 Å². The first-order valence-corrected chi connectivity index (χ1v) is 7.90. The molecule has 20 heavy (non-hydrogen) atoms. The smallest absolute Gasteiger partial charge is 0.0762 e. The summed E-state index contributed by atoms with van der Waals surface area (Å²) >= 11 is 0. The quantitative estimate of drug-likeness (QED) is 0.755. The zero-order chi connectivity index (χ0) is 15.1. The van der Waals surface area contributed by atoms with E-state index in [0.717, 1.165) is 31.6 Å². The van der Waals surface area contributed by atoms with Crippen molar-refractivity contribution >= 4 is 0 Å². The van der Waals surface area contributed by atoms with Gasteiger partial charge in [0.15, 0.2) is 0 Å². The van der Waals surface area contributed by atoms with E-state index in [1.807, 2.05) is 0 Å². The van der Waals surface area contributed by atoms with Crippen LogP contribution in [0.4, 0.5) is 0 Å². The van der Waals surface area contributed by atoms with E-state index in [1.165, 1.54) is 0 Å². The predicted octanol–water partition coefficient (Wildman–Crippen LogP) is 2.92. The molecule has 4 heteroatoms. The van der Waals surface area contributed by atoms with Gasteiger partial charge in [0.25, 0.3) is 0 Å². The number of aromatic nitrogens is 2. The number of rotatable bonds is 9. The summed E-state index contributed by atoms with van der Waals surface area (Å²) in [6, 6.07) is 3.17. The molecular formula is C16H32N4. The first kappa shape index (κ1) is 17.2. The zero-order valence-electron chi connectivity index (χ0n) is 14.1. The zero-order valence-corrected chi connectivity index (χ0v) is 14.1. The van der Waals surface area contributed by atoms with Crippen LogP contribution in [0.1, 0.15) is 52.3 Å². The summed E-state index contributed by atoms with van der Waals surface area (Å²) in [5.74, 6) is 0.624. The highest BCUT2D eigenvalue weighted by Gasteiger charge is 2.14. The van der Waals surface area contributed by atoms with Crippen LogP contribution in [-0.4, -0.2) is 41.4 Å². The number of nitrogens with one attached hydrogen (secondary N) is 1. The second-order valence-corrected chi connectivity index (χ2v) is 6.25. The van der Waals surface area contributed by atoms with Crippen LogP contribution in [0, 0.1) is 5.92 Å². The van der Waals surface area contributed by atoms with Crippen LogP contribution in [0.15, 0.2) is 12.3 Å². The predicted molar refractivity (Wildman–Crippen MR) is 85.9 cm³/mol. The van der Waals surface area contributed by atoms with Gasteiger partial charge in [-0.2, -0.15) is 5.10 Å². The third kappa shape index (κ3) is 5.25. The van der Waals surface area contributed by atoms with Crippen molar-refractivity contribution in [1.29, 1.82) is 0 Å². The lowest BCUT2D eigenvalue weighted by Gasteiger charge is -2.25. The molecule has 1 unspecified atom stereocenters. The summed E-state index contributed by atoms with van der Waals surface area (Å²) in [6.07, 6.45) is 4.39. The van der Waals surface area contributed by atoms with Gasteiger partial charge < -0.3 is 10.2 Å². The molecule has 0 aromatic carbocycles. The Morgan fingerprint density at radius 2 is 1.90 bits per heavy atom. The Hall–Kier alpha value is -0.870. The van der Waals surface area contributed by atoms with Crippen LogP contribution in [0.3, 0.4) is 0 Å². The average Bonchev–Trinajstić information content (AvgIpc) is 2.84. The molecule has 0 spiro atoms. The van der Waals surface area contributed by atoms with Gasteiger partial charge >= 0.3 is 0 Å². The van der Waals surface area contributed by atoms with Crippen molar-refractivity contribution in [3.63, 3.8) is 0 Å². The molecule has 0 saturated carbocycles. The normalized spacial score (nSPS) is 13.7. The fourth-order valence-corrected chi connectivity index (χ4v) is 2.48. The molecule has 0 radical (unpaired) electrons. The van der Waals surface area contributed by atoms with E-state index in [0.29, 0.717) is 18.0 Å². The minimum absolute atomic E-state index is 0.503. The number of hydrogen-bond acceptors (Lipinski definition) is 3. The van der Waals surface area contributed by atoms with Crippen molar-refractivity contribution < 1.29 is 0 Å². The lowest BCUT2D eigenvalue weighted by molar-refractivity contribution is 0.287. The molecule has 1 atom stereocenters. The topological polar surface area (TPSA) is 33.1 Å². The standard InChI is InChI=1S/C16H32N4/c1-7-15(8-2)20-10-9-14(18-20)11-17-16(13(3)4)12-19(5)6/h9-10,13,15-17H,7-8,11-12H2,1-6H3. The molecule has 0 aliphatic heterocycles. The largest absolute Gasteiger partial charge is 0.308 e. The highest BCUT2D eigenvalue weighted by Crippen LogP contribution is 2.14. The van der Waals surface area contributed by atoms with E-state index >= 15 is 0 Å². The summed E-state index contributed by atoms with van der Waals surface area (Å²) < 4.78 is 2.12. The van der Waals surface area contributed by atoms with Gasteiger partial charge in [0.2, 0.25) is 0 Å². The Bertz CT molecular complexity index is 366. The lowest BCUT2D eigenvalue weighted by atomic mass is 10.0. The Balaban J connectivity index is 2.56. The van der Waals surface area contributed by atoms with Gasteiger partial charge in [-0.05, 0) is 38.9 Å². The van der Waals surface area contributed by atoms with Gasteiger partial charge in [-0.3, -0.25) is 4.68 Å². The molecule has 4 nitrogen and oxygen atoms in total. The maximum atomic E-state index is 4.70. The molecule has 1 aromatic rings. The average molecular weight is 280 g/mol. The molecule has 116 valence electrons. The Labute approximate surface area is 124 Å². The minimum Gasteiger partial charge on any atom is -0.308 e. The second kappa shape index (κ2) is 8.42. The summed E-state index contributed by atoms with van der Waals surface area (Å²) in [5.41, 5.74) is 1.14. The van der Waals surface area contributed by atoms with Crippen molar-refractivity contribution in [1.82, 2.24) is 20.0 Å². The molecule has 1 heterocycles. The SMILES string of the molecule is CCC(CC)n1ccc(CNC(CN(C)C)C(C)C)n1. The maximum Gasteiger partial charge on any atom is 0.0762 e. The lowest BCUT2D eigenvalue weighted by Crippen LogP contribution is -2.41. The fourth-order valence-electron chi connectivity index (χ4n) is 2.48. The highest BCUT2D eigenvalue weighted by atomic mass is 15.3. The van der Waals surface area contributed by atoms with Crippen LogP contribution < -0.4 is 5.32 Å². The summed E-state index contributed by atoms with van der Waals surface area (Å²) in [6.45, 7) is 10.9. The molecular weight excluding hydrogens is 248 g/mol. The minimum atomic E-state index is 0.503. The molecule has 1 N–H and O–H groups in total. The van der Waals surface area contributed by atoms with Gasteiger partial charge in [-0.1, -0.05) is 27.7 Å². The van der Waals surface area contributed by atoms with Crippen molar-refractivity contribution in [2.24, 2.45) is 5.92 Å². The number of nitrogens with zero attached hydrogens (tertiary/aromatic N) is 3. The Morgan fingerprint density at radius 1 is 1.25 bits per heavy atom. The van der Waals surface area contributed by atoms with Gasteiger partial charge in [0, 0.05) is 25.3 Å². The van der Waals surface area contributed by atoms with E-state index in [-0.39, 0.29) is 0 Å². The van der Waals surface area contributed by atoms with E-state index in [9.17, 15) is 0 Å². The van der Waals surface area contributed by atoms with Crippen LogP contribution in [0.25, 0.3) is 0 Å². The van der Waals surface area contributed by atoms with Gasteiger partial charge in [-0.25, -0.2) is 0 Å². The Morgan fingerprint density at radius 3 is 2.40 bits per heavy atom. The molecule has 0 bridgehead atoms. The Kier molecular flexibility index (Phi) is 7.24. The fraction of sp³-hybridized carbons (Fsp3) is 0.812. The van der Waals surface area contributed by atoms with Crippen molar-refractivity contribution in [2.45, 2.75) is 59.2 Å². The number of likely N-dealkylation sites (N-methyl/N-ethyl adjacent to an activating group) is 1. The van der Waals surface area contributed by atoms with Gasteiger partial charge in [0.05, 0.1) is 11.7 Å². The molecule has 0 aliphatic rings. The van der Waals surface area contributed by atoms with Crippen LogP contribution in [0.2, 0.25) is 0 Å². The first-order chi connectivity index (χ1) is 9.47. The van der Waals surface area contributed by atoms with Crippen molar-refractivity contribution in [3.05, 3.63) is 18.0 Å². The van der Waals surface area contributed by atoms with E-state index in [4.69, 9.17) is 5.10 Å². The van der Waals surface area contributed by atoms with E-state index < -0.39 is 0 Å². The second-order valence-electron chi connectivity index (χ2n) is 6.25. The number of hydrogen-bond donors (Lipinski definition) is 1. The summed E-state index contributed by atoms with van der Waals surface area (Å²) in [7, 11) is 4.25. The van der Waals surface area contributed by atoms with Gasteiger partial charge in [-0.15, -0.1) is 0 Å². The van der Waals surface area contributed by atoms with Crippen LogP contribution in [0.5, 0.6) is 0 Å². The van der Waals surface area contributed by atoms with Crippen molar-refractivity contribution in [3.8, 4) is 0 Å². The van der Waals surface area contributed by atoms with Crippen LogP contribution in [-0.2, 0) is 6.54 Å². The van der Waals surface area contributed by atoms with Crippen molar-refractivity contribution in [2.75, 3.05) is 20.6 Å². The monoisotopic (exact) mass is 280 g/mol. The molecule has 0 amide bonds. The maximum absolute atomic E-state index is 4.70. The molecule has 0 fully saturated rings. The molecule has 1 aromatic heterocycles. The van der Waals surface area contributed by atoms with Crippen LogP contribution >= 0.6 is 0 Å². The highest BCUT2D eigenvalue weighted by molar-refractivity contribution is 5.00. The molecule has 0 saturated heterocycles. The summed E-state index contributed by atoms with van der Waals surface area (Å²) in [4.78, 5) is 2.24. The third-order valence-electron chi connectivity index (χ3n) is 3.89.